The van der Waals surface area contributed by atoms with Gasteiger partial charge in [0.05, 0.1) is 4.92 Å². The van der Waals surface area contributed by atoms with Gasteiger partial charge in [0.1, 0.15) is 0 Å². The number of rotatable bonds is 4. The molecule has 0 aliphatic carbocycles. The monoisotopic (exact) mass is 417 g/mol. The zero-order valence-corrected chi connectivity index (χ0v) is 14.2. The lowest BCUT2D eigenvalue weighted by molar-refractivity contribution is -0.385. The van der Waals surface area contributed by atoms with Crippen LogP contribution in [-0.2, 0) is 6.42 Å². The van der Waals surface area contributed by atoms with E-state index in [9.17, 15) is 10.1 Å². The van der Waals surface area contributed by atoms with E-state index in [-0.39, 0.29) is 15.4 Å². The number of nitrogens with zero attached hydrogens (tertiary/aromatic N) is 1. The fourth-order valence-electron chi connectivity index (χ4n) is 1.92. The third-order valence-electron chi connectivity index (χ3n) is 2.89. The summed E-state index contributed by atoms with van der Waals surface area (Å²) in [6, 6.07) is 12.3. The summed E-state index contributed by atoms with van der Waals surface area (Å²) < 4.78 is 0.880. The van der Waals surface area contributed by atoms with Crippen LogP contribution in [0.15, 0.2) is 46.9 Å². The molecule has 0 fully saturated rings. The van der Waals surface area contributed by atoms with Crippen LogP contribution in [0.3, 0.4) is 0 Å². The first kappa shape index (κ1) is 15.5. The summed E-state index contributed by atoms with van der Waals surface area (Å²) in [6.07, 6.45) is 0.525. The molecule has 0 amide bonds. The number of hydrogen-bond acceptors (Lipinski definition) is 2. The molecule has 20 heavy (non-hydrogen) atoms. The molecule has 0 radical (unpaired) electrons. The average Bonchev–Trinajstić information content (AvgIpc) is 2.38. The summed E-state index contributed by atoms with van der Waals surface area (Å²) in [5, 5.41) is 11.7. The summed E-state index contributed by atoms with van der Waals surface area (Å²) in [5.41, 5.74) is 1.84. The highest BCUT2D eigenvalue weighted by atomic mass is 79.9. The maximum Gasteiger partial charge on any atom is 0.272 e. The Kier molecular flexibility index (Phi) is 5.18. The minimum absolute atomic E-state index is 0.0322. The fourth-order valence-corrected chi connectivity index (χ4v) is 3.93. The number of benzene rings is 2. The molecule has 0 bridgehead atoms. The van der Waals surface area contributed by atoms with E-state index in [1.54, 1.807) is 24.3 Å². The van der Waals surface area contributed by atoms with E-state index in [4.69, 9.17) is 11.6 Å². The number of nitro groups is 1. The Morgan fingerprint density at radius 3 is 2.60 bits per heavy atom. The standard InChI is InChI=1S/C14H10Br2ClNO2/c15-12(11-6-5-10(17)8-13(11)16)7-9-3-1-2-4-14(9)18(19)20/h1-6,8,12H,7H2. The number of hydrogen-bond donors (Lipinski definition) is 0. The lowest BCUT2D eigenvalue weighted by atomic mass is 10.0. The predicted octanol–water partition coefficient (Wildman–Crippen LogP) is 5.69. The number of para-hydroxylation sites is 1. The number of alkyl halides is 1. The van der Waals surface area contributed by atoms with Crippen LogP contribution in [0.2, 0.25) is 5.02 Å². The quantitative estimate of drug-likeness (QED) is 0.363. The molecule has 3 nitrogen and oxygen atoms in total. The highest BCUT2D eigenvalue weighted by molar-refractivity contribution is 9.11. The molecule has 2 rings (SSSR count). The Balaban J connectivity index is 2.28. The number of halogens is 3. The molecule has 0 heterocycles. The molecule has 0 saturated carbocycles. The van der Waals surface area contributed by atoms with Crippen molar-refractivity contribution < 1.29 is 4.92 Å². The SMILES string of the molecule is O=[N+]([O-])c1ccccc1CC(Br)c1ccc(Cl)cc1Br. The second-order valence-corrected chi connectivity index (χ2v) is 6.62. The van der Waals surface area contributed by atoms with Crippen LogP contribution in [0.4, 0.5) is 5.69 Å². The average molecular weight is 420 g/mol. The van der Waals surface area contributed by atoms with Crippen LogP contribution in [0, 0.1) is 10.1 Å². The molecule has 0 aliphatic rings. The van der Waals surface area contributed by atoms with E-state index in [1.807, 2.05) is 12.1 Å². The largest absolute Gasteiger partial charge is 0.272 e. The molecule has 2 aromatic carbocycles. The Hall–Kier alpha value is -0.910. The summed E-state index contributed by atoms with van der Waals surface area (Å²) in [7, 11) is 0. The maximum atomic E-state index is 11.0. The van der Waals surface area contributed by atoms with Crippen molar-refractivity contribution in [2.45, 2.75) is 11.2 Å². The minimum Gasteiger partial charge on any atom is -0.258 e. The Labute approximate surface area is 138 Å². The van der Waals surface area contributed by atoms with Gasteiger partial charge in [0.2, 0.25) is 0 Å². The third-order valence-corrected chi connectivity index (χ3v) is 4.63. The van der Waals surface area contributed by atoms with Crippen molar-refractivity contribution >= 4 is 49.1 Å². The number of nitro benzene ring substituents is 1. The minimum atomic E-state index is -0.355. The second-order valence-electron chi connectivity index (χ2n) is 4.22. The van der Waals surface area contributed by atoms with Crippen molar-refractivity contribution in [3.63, 3.8) is 0 Å². The second kappa shape index (κ2) is 6.70. The highest BCUT2D eigenvalue weighted by Gasteiger charge is 2.18. The van der Waals surface area contributed by atoms with E-state index in [0.29, 0.717) is 17.0 Å². The van der Waals surface area contributed by atoms with E-state index in [0.717, 1.165) is 10.0 Å². The van der Waals surface area contributed by atoms with Gasteiger partial charge in [-0.25, -0.2) is 0 Å². The van der Waals surface area contributed by atoms with Gasteiger partial charge in [-0.15, -0.1) is 0 Å². The Bertz CT molecular complexity index is 649. The van der Waals surface area contributed by atoms with Gasteiger partial charge in [-0.05, 0) is 24.1 Å². The molecule has 1 unspecified atom stereocenters. The van der Waals surface area contributed by atoms with Crippen molar-refractivity contribution in [3.05, 3.63) is 73.2 Å². The summed E-state index contributed by atoms with van der Waals surface area (Å²) in [6.45, 7) is 0. The van der Waals surface area contributed by atoms with Crippen molar-refractivity contribution in [1.82, 2.24) is 0 Å². The summed E-state index contributed by atoms with van der Waals surface area (Å²) in [5.74, 6) is 0. The van der Waals surface area contributed by atoms with Gasteiger partial charge in [-0.2, -0.15) is 0 Å². The molecule has 2 aromatic rings. The zero-order chi connectivity index (χ0) is 14.7. The summed E-state index contributed by atoms with van der Waals surface area (Å²) in [4.78, 5) is 10.6. The molecule has 6 heteroatoms. The predicted molar refractivity (Wildman–Crippen MR) is 87.6 cm³/mol. The van der Waals surface area contributed by atoms with Crippen LogP contribution in [0.1, 0.15) is 16.0 Å². The van der Waals surface area contributed by atoms with Crippen LogP contribution in [-0.4, -0.2) is 4.92 Å². The molecule has 104 valence electrons. The van der Waals surface area contributed by atoms with Crippen LogP contribution >= 0.6 is 43.5 Å². The molecule has 0 spiro atoms. The lowest BCUT2D eigenvalue weighted by Crippen LogP contribution is -2.00. The van der Waals surface area contributed by atoms with E-state index >= 15 is 0 Å². The van der Waals surface area contributed by atoms with Gasteiger partial charge in [0.15, 0.2) is 0 Å². The highest BCUT2D eigenvalue weighted by Crippen LogP contribution is 2.35. The first-order chi connectivity index (χ1) is 9.49. The van der Waals surface area contributed by atoms with Gasteiger partial charge in [-0.1, -0.05) is 67.7 Å². The molecule has 0 aliphatic heterocycles. The van der Waals surface area contributed by atoms with Crippen molar-refractivity contribution in [2.75, 3.05) is 0 Å². The molecule has 0 aromatic heterocycles. The van der Waals surface area contributed by atoms with Gasteiger partial charge in [0.25, 0.3) is 5.69 Å². The molecular weight excluding hydrogens is 409 g/mol. The Morgan fingerprint density at radius 1 is 1.25 bits per heavy atom. The van der Waals surface area contributed by atoms with Gasteiger partial charge in [0, 0.05) is 26.0 Å². The third kappa shape index (κ3) is 3.59. The molecule has 1 atom stereocenters. The smallest absolute Gasteiger partial charge is 0.258 e. The molecule has 0 N–H and O–H groups in total. The normalized spacial score (nSPS) is 12.2. The zero-order valence-electron chi connectivity index (χ0n) is 10.2. The fraction of sp³-hybridized carbons (Fsp3) is 0.143. The van der Waals surface area contributed by atoms with Gasteiger partial charge in [-0.3, -0.25) is 10.1 Å². The summed E-state index contributed by atoms with van der Waals surface area (Å²) >= 11 is 13.0. The van der Waals surface area contributed by atoms with E-state index in [1.165, 1.54) is 6.07 Å². The van der Waals surface area contributed by atoms with Gasteiger partial charge >= 0.3 is 0 Å². The van der Waals surface area contributed by atoms with Gasteiger partial charge < -0.3 is 0 Å². The van der Waals surface area contributed by atoms with Crippen LogP contribution in [0.25, 0.3) is 0 Å². The van der Waals surface area contributed by atoms with Crippen LogP contribution < -0.4 is 0 Å². The van der Waals surface area contributed by atoms with Crippen molar-refractivity contribution in [1.29, 1.82) is 0 Å². The first-order valence-corrected chi connectivity index (χ1v) is 7.89. The molecular formula is C14H10Br2ClNO2. The maximum absolute atomic E-state index is 11.0. The first-order valence-electron chi connectivity index (χ1n) is 5.80. The van der Waals surface area contributed by atoms with Crippen LogP contribution in [0.5, 0.6) is 0 Å². The van der Waals surface area contributed by atoms with Crippen molar-refractivity contribution in [3.8, 4) is 0 Å². The Morgan fingerprint density at radius 2 is 1.95 bits per heavy atom. The lowest BCUT2D eigenvalue weighted by Gasteiger charge is -2.12. The topological polar surface area (TPSA) is 43.1 Å². The molecule has 0 saturated heterocycles. The van der Waals surface area contributed by atoms with E-state index < -0.39 is 0 Å². The van der Waals surface area contributed by atoms with Crippen molar-refractivity contribution in [2.24, 2.45) is 0 Å². The van der Waals surface area contributed by atoms with E-state index in [2.05, 4.69) is 31.9 Å².